The number of rotatable bonds is 16. The van der Waals surface area contributed by atoms with Gasteiger partial charge in [-0.2, -0.15) is 0 Å². The molecule has 0 aliphatic carbocycles. The molecule has 0 aromatic heterocycles. The van der Waals surface area contributed by atoms with Crippen molar-refractivity contribution in [3.63, 3.8) is 0 Å². The molecule has 2 nitrogen and oxygen atoms in total. The second kappa shape index (κ2) is 14.8. The van der Waals surface area contributed by atoms with Gasteiger partial charge in [0.2, 0.25) is 0 Å². The molecule has 0 saturated carbocycles. The van der Waals surface area contributed by atoms with Crippen molar-refractivity contribution < 1.29 is 9.53 Å². The molecule has 0 aromatic carbocycles. The van der Waals surface area contributed by atoms with E-state index in [1.165, 1.54) is 57.8 Å². The van der Waals surface area contributed by atoms with Crippen LogP contribution in [0.25, 0.3) is 0 Å². The van der Waals surface area contributed by atoms with Gasteiger partial charge in [-0.25, -0.2) is 0 Å². The third-order valence-corrected chi connectivity index (χ3v) is 5.08. The average Bonchev–Trinajstić information content (AvgIpc) is 2.53. The second-order valence-electron chi connectivity index (χ2n) is 8.14. The summed E-state index contributed by atoms with van der Waals surface area (Å²) in [7, 11) is 0. The highest BCUT2D eigenvalue weighted by molar-refractivity contribution is 5.69. The Bertz CT molecular complexity index is 298. The van der Waals surface area contributed by atoms with Crippen LogP contribution in [0.3, 0.4) is 0 Å². The van der Waals surface area contributed by atoms with Crippen molar-refractivity contribution in [2.24, 2.45) is 5.92 Å². The van der Waals surface area contributed by atoms with E-state index in [1.54, 1.807) is 0 Å². The van der Waals surface area contributed by atoms with Gasteiger partial charge in [0.15, 0.2) is 0 Å². The van der Waals surface area contributed by atoms with Gasteiger partial charge in [-0.1, -0.05) is 85.5 Å². The summed E-state index contributed by atoms with van der Waals surface area (Å²) in [5.74, 6) is 0.732. The van der Waals surface area contributed by atoms with E-state index in [1.807, 2.05) is 0 Å². The highest BCUT2D eigenvalue weighted by Gasteiger charge is 2.26. The zero-order valence-corrected chi connectivity index (χ0v) is 17.3. The van der Waals surface area contributed by atoms with Gasteiger partial charge < -0.3 is 4.74 Å². The smallest absolute Gasteiger partial charge is 0.306 e. The first-order valence-electron chi connectivity index (χ1n) is 10.7. The number of carbonyl (C=O) groups excluding carboxylic acids is 1. The Balaban J connectivity index is 3.71. The van der Waals surface area contributed by atoms with Gasteiger partial charge in [0.25, 0.3) is 0 Å². The largest absolute Gasteiger partial charge is 0.459 e. The van der Waals surface area contributed by atoms with E-state index in [2.05, 4.69) is 34.6 Å². The lowest BCUT2D eigenvalue weighted by atomic mass is 9.93. The first kappa shape index (κ1) is 23.5. The molecule has 1 unspecified atom stereocenters. The summed E-state index contributed by atoms with van der Waals surface area (Å²) in [5.41, 5.74) is -0.259. The molecule has 0 aliphatic heterocycles. The third kappa shape index (κ3) is 13.9. The Labute approximate surface area is 152 Å². The minimum absolute atomic E-state index is 0.00634. The van der Waals surface area contributed by atoms with Crippen LogP contribution in [0.15, 0.2) is 0 Å². The van der Waals surface area contributed by atoms with E-state index in [0.717, 1.165) is 31.6 Å². The maximum atomic E-state index is 12.1. The predicted molar refractivity (Wildman–Crippen MR) is 105 cm³/mol. The van der Waals surface area contributed by atoms with E-state index in [0.29, 0.717) is 6.42 Å². The van der Waals surface area contributed by atoms with Gasteiger partial charge in [0.1, 0.15) is 5.60 Å². The number of esters is 1. The van der Waals surface area contributed by atoms with Crippen LogP contribution in [0.5, 0.6) is 0 Å². The molecule has 0 heterocycles. The van der Waals surface area contributed by atoms with Crippen LogP contribution >= 0.6 is 0 Å². The van der Waals surface area contributed by atoms with Crippen LogP contribution in [0.2, 0.25) is 0 Å². The highest BCUT2D eigenvalue weighted by Crippen LogP contribution is 2.25. The topological polar surface area (TPSA) is 26.3 Å². The maximum absolute atomic E-state index is 12.1. The third-order valence-electron chi connectivity index (χ3n) is 5.08. The standard InChI is InChI=1S/C22H44O2/c1-6-8-9-10-11-12-13-14-15-18-21(23)24-22(5,7-2)19-16-17-20(3)4/h20H,6-19H2,1-5H3. The van der Waals surface area contributed by atoms with Crippen molar-refractivity contribution in [2.45, 2.75) is 130 Å². The molecule has 24 heavy (non-hydrogen) atoms. The Hall–Kier alpha value is -0.530. The van der Waals surface area contributed by atoms with E-state index in [9.17, 15) is 4.79 Å². The first-order valence-corrected chi connectivity index (χ1v) is 10.7. The molecule has 0 rings (SSSR count). The Morgan fingerprint density at radius 1 is 0.875 bits per heavy atom. The van der Waals surface area contributed by atoms with Crippen molar-refractivity contribution in [3.05, 3.63) is 0 Å². The molecule has 0 bridgehead atoms. The van der Waals surface area contributed by atoms with Gasteiger partial charge in [0, 0.05) is 6.42 Å². The average molecular weight is 341 g/mol. The normalized spacial score (nSPS) is 13.9. The van der Waals surface area contributed by atoms with Gasteiger partial charge >= 0.3 is 5.97 Å². The van der Waals surface area contributed by atoms with Gasteiger partial charge in [-0.15, -0.1) is 0 Å². The van der Waals surface area contributed by atoms with Crippen LogP contribution < -0.4 is 0 Å². The van der Waals surface area contributed by atoms with Crippen LogP contribution in [-0.4, -0.2) is 11.6 Å². The zero-order chi connectivity index (χ0) is 18.3. The molecule has 0 amide bonds. The number of hydrogen-bond donors (Lipinski definition) is 0. The Morgan fingerprint density at radius 3 is 1.92 bits per heavy atom. The second-order valence-corrected chi connectivity index (χ2v) is 8.14. The lowest BCUT2D eigenvalue weighted by Crippen LogP contribution is -2.31. The molecule has 0 N–H and O–H groups in total. The van der Waals surface area contributed by atoms with E-state index in [4.69, 9.17) is 4.74 Å². The van der Waals surface area contributed by atoms with Crippen molar-refractivity contribution in [3.8, 4) is 0 Å². The molecular formula is C22H44O2. The molecule has 1 atom stereocenters. The summed E-state index contributed by atoms with van der Waals surface area (Å²) in [6, 6.07) is 0. The molecule has 0 aliphatic rings. The van der Waals surface area contributed by atoms with Gasteiger partial charge in [-0.05, 0) is 38.5 Å². The lowest BCUT2D eigenvalue weighted by molar-refractivity contribution is -0.159. The van der Waals surface area contributed by atoms with E-state index in [-0.39, 0.29) is 11.6 Å². The summed E-state index contributed by atoms with van der Waals surface area (Å²) in [6.07, 6.45) is 16.4. The Kier molecular flexibility index (Phi) is 14.5. The highest BCUT2D eigenvalue weighted by atomic mass is 16.6. The van der Waals surface area contributed by atoms with Crippen LogP contribution in [-0.2, 0) is 9.53 Å². The van der Waals surface area contributed by atoms with Crippen molar-refractivity contribution in [1.29, 1.82) is 0 Å². The van der Waals surface area contributed by atoms with Crippen molar-refractivity contribution in [2.75, 3.05) is 0 Å². The molecule has 144 valence electrons. The minimum Gasteiger partial charge on any atom is -0.459 e. The number of ether oxygens (including phenoxy) is 1. The quantitative estimate of drug-likeness (QED) is 0.215. The first-order chi connectivity index (χ1) is 11.4. The fourth-order valence-corrected chi connectivity index (χ4v) is 3.09. The summed E-state index contributed by atoms with van der Waals surface area (Å²) in [4.78, 5) is 12.1. The SMILES string of the molecule is CCCCCCCCCCCC(=O)OC(C)(CC)CCCC(C)C. The van der Waals surface area contributed by atoms with E-state index >= 15 is 0 Å². The van der Waals surface area contributed by atoms with Gasteiger partial charge in [-0.3, -0.25) is 4.79 Å². The minimum atomic E-state index is -0.259. The molecular weight excluding hydrogens is 296 g/mol. The predicted octanol–water partition coefficient (Wildman–Crippen LogP) is 7.45. The summed E-state index contributed by atoms with van der Waals surface area (Å²) < 4.78 is 5.80. The fraction of sp³-hybridized carbons (Fsp3) is 0.955. The Morgan fingerprint density at radius 2 is 1.42 bits per heavy atom. The molecule has 0 aromatic rings. The summed E-state index contributed by atoms with van der Waals surface area (Å²) in [6.45, 7) is 11.0. The van der Waals surface area contributed by atoms with Crippen LogP contribution in [0.4, 0.5) is 0 Å². The zero-order valence-electron chi connectivity index (χ0n) is 17.3. The molecule has 2 heteroatoms. The summed E-state index contributed by atoms with van der Waals surface area (Å²) >= 11 is 0. The van der Waals surface area contributed by atoms with Crippen LogP contribution in [0, 0.1) is 5.92 Å². The summed E-state index contributed by atoms with van der Waals surface area (Å²) in [5, 5.41) is 0. The van der Waals surface area contributed by atoms with Gasteiger partial charge in [0.05, 0.1) is 0 Å². The lowest BCUT2D eigenvalue weighted by Gasteiger charge is -2.29. The molecule has 0 radical (unpaired) electrons. The van der Waals surface area contributed by atoms with Crippen molar-refractivity contribution in [1.82, 2.24) is 0 Å². The molecule has 0 fully saturated rings. The van der Waals surface area contributed by atoms with Crippen LogP contribution in [0.1, 0.15) is 125 Å². The monoisotopic (exact) mass is 340 g/mol. The maximum Gasteiger partial charge on any atom is 0.306 e. The number of unbranched alkanes of at least 4 members (excludes halogenated alkanes) is 8. The number of hydrogen-bond acceptors (Lipinski definition) is 2. The number of carbonyl (C=O) groups is 1. The molecule has 0 saturated heterocycles. The fourth-order valence-electron chi connectivity index (χ4n) is 3.09. The molecule has 0 spiro atoms. The van der Waals surface area contributed by atoms with E-state index < -0.39 is 0 Å². The van der Waals surface area contributed by atoms with Crippen molar-refractivity contribution >= 4 is 5.97 Å².